The molecule has 5 heteroatoms. The first-order valence-electron chi connectivity index (χ1n) is 5.83. The summed E-state index contributed by atoms with van der Waals surface area (Å²) in [5.41, 5.74) is 1.07. The predicted molar refractivity (Wildman–Crippen MR) is 69.9 cm³/mol. The van der Waals surface area contributed by atoms with Crippen molar-refractivity contribution < 1.29 is 0 Å². The van der Waals surface area contributed by atoms with Gasteiger partial charge in [-0.2, -0.15) is 0 Å². The third-order valence-corrected chi connectivity index (χ3v) is 3.22. The zero-order chi connectivity index (χ0) is 12.1. The van der Waals surface area contributed by atoms with Gasteiger partial charge in [-0.25, -0.2) is 0 Å². The molecule has 0 saturated carbocycles. The van der Waals surface area contributed by atoms with Gasteiger partial charge < -0.3 is 4.57 Å². The maximum absolute atomic E-state index is 4.29. The van der Waals surface area contributed by atoms with E-state index in [1.165, 1.54) is 0 Å². The summed E-state index contributed by atoms with van der Waals surface area (Å²) in [5.74, 6) is 1.95. The van der Waals surface area contributed by atoms with Crippen molar-refractivity contribution in [3.63, 3.8) is 0 Å². The van der Waals surface area contributed by atoms with Crippen LogP contribution < -0.4 is 0 Å². The van der Waals surface area contributed by atoms with Crippen molar-refractivity contribution in [3.05, 3.63) is 24.5 Å². The van der Waals surface area contributed by atoms with Crippen molar-refractivity contribution >= 4 is 11.8 Å². The summed E-state index contributed by atoms with van der Waals surface area (Å²) in [6, 6.07) is 3.94. The summed E-state index contributed by atoms with van der Waals surface area (Å²) in [6.07, 6.45) is 4.65. The first-order chi connectivity index (χ1) is 8.36. The van der Waals surface area contributed by atoms with Crippen molar-refractivity contribution in [1.29, 1.82) is 0 Å². The normalized spacial score (nSPS) is 10.7. The van der Waals surface area contributed by atoms with Crippen LogP contribution in [0, 0.1) is 0 Å². The predicted octanol–water partition coefficient (Wildman–Crippen LogP) is 2.86. The molecule has 0 fully saturated rings. The molecule has 0 spiro atoms. The summed E-state index contributed by atoms with van der Waals surface area (Å²) < 4.78 is 2.18. The Morgan fingerprint density at radius 2 is 1.94 bits per heavy atom. The summed E-state index contributed by atoms with van der Waals surface area (Å²) in [5, 5.41) is 9.55. The largest absolute Gasteiger partial charge is 0.302 e. The lowest BCUT2D eigenvalue weighted by molar-refractivity contribution is 0.626. The van der Waals surface area contributed by atoms with Crippen LogP contribution in [-0.2, 0) is 6.54 Å². The van der Waals surface area contributed by atoms with Gasteiger partial charge in [0.15, 0.2) is 11.0 Å². The average Bonchev–Trinajstić information content (AvgIpc) is 2.75. The number of pyridine rings is 1. The Kier molecular flexibility index (Phi) is 4.14. The Labute approximate surface area is 105 Å². The third-order valence-electron chi connectivity index (χ3n) is 2.38. The van der Waals surface area contributed by atoms with Crippen molar-refractivity contribution in [2.24, 2.45) is 0 Å². The Morgan fingerprint density at radius 1 is 1.18 bits per heavy atom. The zero-order valence-electron chi connectivity index (χ0n) is 10.1. The zero-order valence-corrected chi connectivity index (χ0v) is 10.9. The number of aromatic nitrogens is 4. The van der Waals surface area contributed by atoms with E-state index in [1.54, 1.807) is 24.2 Å². The van der Waals surface area contributed by atoms with Gasteiger partial charge in [0.25, 0.3) is 0 Å². The Bertz CT molecular complexity index is 467. The molecule has 0 aromatic carbocycles. The molecule has 17 heavy (non-hydrogen) atoms. The highest BCUT2D eigenvalue weighted by molar-refractivity contribution is 7.99. The Hall–Kier alpha value is -1.36. The summed E-state index contributed by atoms with van der Waals surface area (Å²) in [7, 11) is 0. The van der Waals surface area contributed by atoms with Crippen molar-refractivity contribution in [1.82, 2.24) is 19.7 Å². The number of rotatable bonds is 5. The molecule has 0 radical (unpaired) electrons. The fourth-order valence-corrected chi connectivity index (χ4v) is 2.35. The number of nitrogens with zero attached hydrogens (tertiary/aromatic N) is 4. The number of hydrogen-bond acceptors (Lipinski definition) is 4. The van der Waals surface area contributed by atoms with Gasteiger partial charge in [0.05, 0.1) is 0 Å². The van der Waals surface area contributed by atoms with Gasteiger partial charge in [-0.1, -0.05) is 25.6 Å². The van der Waals surface area contributed by atoms with E-state index >= 15 is 0 Å². The first kappa shape index (κ1) is 12.1. The van der Waals surface area contributed by atoms with E-state index in [1.807, 2.05) is 12.1 Å². The Balaban J connectivity index is 2.40. The maximum atomic E-state index is 4.29. The summed E-state index contributed by atoms with van der Waals surface area (Å²) >= 11 is 1.73. The highest BCUT2D eigenvalue weighted by Crippen LogP contribution is 2.23. The fourth-order valence-electron chi connectivity index (χ4n) is 1.66. The molecule has 2 aromatic heterocycles. The molecule has 0 unspecified atom stereocenters. The van der Waals surface area contributed by atoms with E-state index in [-0.39, 0.29) is 0 Å². The van der Waals surface area contributed by atoms with Crippen LogP contribution in [-0.4, -0.2) is 25.5 Å². The van der Waals surface area contributed by atoms with Crippen LogP contribution in [0.15, 0.2) is 29.7 Å². The van der Waals surface area contributed by atoms with E-state index in [0.29, 0.717) is 0 Å². The highest BCUT2D eigenvalue weighted by atomic mass is 32.2. The second-order valence-electron chi connectivity index (χ2n) is 3.63. The van der Waals surface area contributed by atoms with Crippen LogP contribution in [0.3, 0.4) is 0 Å². The second kappa shape index (κ2) is 5.82. The maximum Gasteiger partial charge on any atom is 0.191 e. The molecular weight excluding hydrogens is 232 g/mol. The van der Waals surface area contributed by atoms with Crippen molar-refractivity contribution in [3.8, 4) is 11.4 Å². The number of thioether (sulfide) groups is 1. The van der Waals surface area contributed by atoms with Gasteiger partial charge in [-0.05, 0) is 24.3 Å². The van der Waals surface area contributed by atoms with Crippen LogP contribution in [0.2, 0.25) is 0 Å². The molecule has 0 N–H and O–H groups in total. The van der Waals surface area contributed by atoms with Gasteiger partial charge in [0.1, 0.15) is 0 Å². The smallest absolute Gasteiger partial charge is 0.191 e. The molecule has 0 amide bonds. The lowest BCUT2D eigenvalue weighted by atomic mass is 10.2. The van der Waals surface area contributed by atoms with Gasteiger partial charge in [-0.3, -0.25) is 4.98 Å². The lowest BCUT2D eigenvalue weighted by Crippen LogP contribution is -2.01. The average molecular weight is 248 g/mol. The topological polar surface area (TPSA) is 43.6 Å². The monoisotopic (exact) mass is 248 g/mol. The minimum absolute atomic E-state index is 0.935. The van der Waals surface area contributed by atoms with E-state index in [2.05, 4.69) is 33.6 Å². The third kappa shape index (κ3) is 2.66. The summed E-state index contributed by atoms with van der Waals surface area (Å²) in [6.45, 7) is 5.24. The van der Waals surface area contributed by atoms with Crippen molar-refractivity contribution in [2.75, 3.05) is 5.75 Å². The van der Waals surface area contributed by atoms with Crippen LogP contribution in [0.5, 0.6) is 0 Å². The molecule has 2 aromatic rings. The standard InChI is InChI=1S/C12H16N4S/c1-3-9-16-11(10-5-7-13-8-6-10)14-15-12(16)17-4-2/h5-8H,3-4,9H2,1-2H3. The van der Waals surface area contributed by atoms with Crippen LogP contribution in [0.4, 0.5) is 0 Å². The van der Waals surface area contributed by atoms with Crippen molar-refractivity contribution in [2.45, 2.75) is 32.0 Å². The SMILES string of the molecule is CCCn1c(SCC)nnc1-c1ccncc1. The molecule has 90 valence electrons. The first-order valence-corrected chi connectivity index (χ1v) is 6.81. The van der Waals surface area contributed by atoms with E-state index in [4.69, 9.17) is 0 Å². The van der Waals surface area contributed by atoms with Crippen LogP contribution in [0.1, 0.15) is 20.3 Å². The van der Waals surface area contributed by atoms with Gasteiger partial charge in [0, 0.05) is 24.5 Å². The van der Waals surface area contributed by atoms with Crippen LogP contribution in [0.25, 0.3) is 11.4 Å². The molecule has 0 atom stereocenters. The molecule has 0 saturated heterocycles. The molecular formula is C12H16N4S. The molecule has 0 aliphatic rings. The molecule has 0 aliphatic carbocycles. The van der Waals surface area contributed by atoms with E-state index in [9.17, 15) is 0 Å². The van der Waals surface area contributed by atoms with Gasteiger partial charge in [-0.15, -0.1) is 10.2 Å². The molecule has 0 aliphatic heterocycles. The number of hydrogen-bond donors (Lipinski definition) is 0. The van der Waals surface area contributed by atoms with Gasteiger partial charge in [0.2, 0.25) is 0 Å². The minimum Gasteiger partial charge on any atom is -0.302 e. The highest BCUT2D eigenvalue weighted by Gasteiger charge is 2.12. The van der Waals surface area contributed by atoms with Gasteiger partial charge >= 0.3 is 0 Å². The second-order valence-corrected chi connectivity index (χ2v) is 4.86. The molecule has 0 bridgehead atoms. The molecule has 4 nitrogen and oxygen atoms in total. The quantitative estimate of drug-likeness (QED) is 0.763. The minimum atomic E-state index is 0.935. The van der Waals surface area contributed by atoms with Crippen LogP contribution >= 0.6 is 11.8 Å². The lowest BCUT2D eigenvalue weighted by Gasteiger charge is -2.07. The Morgan fingerprint density at radius 3 is 2.59 bits per heavy atom. The van der Waals surface area contributed by atoms with E-state index in [0.717, 1.165) is 35.3 Å². The van der Waals surface area contributed by atoms with E-state index < -0.39 is 0 Å². The molecule has 2 rings (SSSR count). The summed E-state index contributed by atoms with van der Waals surface area (Å²) in [4.78, 5) is 4.03. The molecule has 2 heterocycles. The fraction of sp³-hybridized carbons (Fsp3) is 0.417.